The summed E-state index contributed by atoms with van der Waals surface area (Å²) in [6.45, 7) is 1.12. The van der Waals surface area contributed by atoms with Crippen molar-refractivity contribution in [3.05, 3.63) is 51.7 Å². The molecule has 4 rings (SSSR count). The highest BCUT2D eigenvalue weighted by Crippen LogP contribution is 2.44. The van der Waals surface area contributed by atoms with Gasteiger partial charge in [-0.3, -0.25) is 14.3 Å². The molecule has 0 saturated heterocycles. The molecule has 126 valence electrons. The van der Waals surface area contributed by atoms with Gasteiger partial charge in [-0.2, -0.15) is 5.10 Å². The largest absolute Gasteiger partial charge is 0.350 e. The minimum Gasteiger partial charge on any atom is -0.350 e. The second kappa shape index (κ2) is 5.92. The molecule has 6 heteroatoms. The van der Waals surface area contributed by atoms with E-state index < -0.39 is 0 Å². The van der Waals surface area contributed by atoms with Gasteiger partial charge in [-0.05, 0) is 43.9 Å². The molecule has 2 aromatic rings. The van der Waals surface area contributed by atoms with Crippen LogP contribution in [0.1, 0.15) is 59.3 Å². The lowest BCUT2D eigenvalue weighted by molar-refractivity contribution is 0.0949. The van der Waals surface area contributed by atoms with Crippen molar-refractivity contribution in [1.29, 1.82) is 0 Å². The van der Waals surface area contributed by atoms with E-state index in [2.05, 4.69) is 16.1 Å². The van der Waals surface area contributed by atoms with Crippen LogP contribution in [0.15, 0.2) is 29.2 Å². The van der Waals surface area contributed by atoms with Gasteiger partial charge in [0.2, 0.25) is 0 Å². The Bertz CT molecular complexity index is 828. The van der Waals surface area contributed by atoms with Gasteiger partial charge in [0.15, 0.2) is 0 Å². The van der Waals surface area contributed by atoms with Gasteiger partial charge in [0.05, 0.1) is 12.2 Å². The van der Waals surface area contributed by atoms with E-state index in [1.54, 1.807) is 25.4 Å². The molecule has 2 saturated carbocycles. The Hall–Kier alpha value is -2.37. The third-order valence-corrected chi connectivity index (χ3v) is 4.80. The summed E-state index contributed by atoms with van der Waals surface area (Å²) in [4.78, 5) is 24.2. The standard InChI is InChI=1S/C18H22N4O2/c1-21-9-2-3-14(18(21)24)17(23)19-8-10-22-16(13-6-7-13)11-15(20-22)12-4-5-12/h2-3,9,11-13H,4-8,10H2,1H3,(H,19,23). The molecule has 0 atom stereocenters. The molecular weight excluding hydrogens is 304 g/mol. The van der Waals surface area contributed by atoms with E-state index in [1.807, 2.05) is 0 Å². The number of pyridine rings is 1. The number of nitrogens with one attached hydrogen (secondary N) is 1. The van der Waals surface area contributed by atoms with E-state index >= 15 is 0 Å². The summed E-state index contributed by atoms with van der Waals surface area (Å²) in [7, 11) is 1.64. The molecule has 0 aliphatic heterocycles. The number of carbonyl (C=O) groups excluding carboxylic acids is 1. The lowest BCUT2D eigenvalue weighted by Crippen LogP contribution is -2.33. The molecular formula is C18H22N4O2. The number of carbonyl (C=O) groups is 1. The zero-order valence-electron chi connectivity index (χ0n) is 13.9. The van der Waals surface area contributed by atoms with Crippen LogP contribution in [-0.4, -0.2) is 26.8 Å². The number of rotatable bonds is 6. The second-order valence-corrected chi connectivity index (χ2v) is 6.86. The molecule has 1 amide bonds. The lowest BCUT2D eigenvalue weighted by atomic mass is 10.2. The topological polar surface area (TPSA) is 68.9 Å². The summed E-state index contributed by atoms with van der Waals surface area (Å²) >= 11 is 0. The molecule has 24 heavy (non-hydrogen) atoms. The molecule has 0 spiro atoms. The zero-order chi connectivity index (χ0) is 16.7. The fraction of sp³-hybridized carbons (Fsp3) is 0.500. The first-order chi connectivity index (χ1) is 11.6. The van der Waals surface area contributed by atoms with Gasteiger partial charge >= 0.3 is 0 Å². The molecule has 2 aliphatic rings. The Morgan fingerprint density at radius 1 is 1.29 bits per heavy atom. The minimum atomic E-state index is -0.321. The average Bonchev–Trinajstić information content (AvgIpc) is 3.48. The molecule has 0 bridgehead atoms. The van der Waals surface area contributed by atoms with Gasteiger partial charge in [0, 0.05) is 37.3 Å². The minimum absolute atomic E-state index is 0.182. The predicted octanol–water partition coefficient (Wildman–Crippen LogP) is 1.77. The molecule has 2 fully saturated rings. The first-order valence-electron chi connectivity index (χ1n) is 8.65. The Labute approximate surface area is 140 Å². The van der Waals surface area contributed by atoms with Crippen LogP contribution in [0.5, 0.6) is 0 Å². The normalized spacial score (nSPS) is 17.0. The smallest absolute Gasteiger partial charge is 0.263 e. The van der Waals surface area contributed by atoms with E-state index in [9.17, 15) is 9.59 Å². The fourth-order valence-corrected chi connectivity index (χ4v) is 3.06. The van der Waals surface area contributed by atoms with Crippen molar-refractivity contribution in [2.45, 2.75) is 44.1 Å². The summed E-state index contributed by atoms with van der Waals surface area (Å²) in [6.07, 6.45) is 6.61. The SMILES string of the molecule is Cn1cccc(C(=O)NCCn2nc(C3CC3)cc2C2CC2)c1=O. The highest BCUT2D eigenvalue weighted by atomic mass is 16.2. The van der Waals surface area contributed by atoms with Crippen LogP contribution < -0.4 is 10.9 Å². The maximum atomic E-state index is 12.2. The maximum Gasteiger partial charge on any atom is 0.263 e. The van der Waals surface area contributed by atoms with Crippen molar-refractivity contribution < 1.29 is 4.79 Å². The van der Waals surface area contributed by atoms with Gasteiger partial charge in [0.25, 0.3) is 11.5 Å². The average molecular weight is 326 g/mol. The van der Waals surface area contributed by atoms with Gasteiger partial charge < -0.3 is 9.88 Å². The number of aromatic nitrogens is 3. The van der Waals surface area contributed by atoms with Crippen LogP contribution in [0.4, 0.5) is 0 Å². The van der Waals surface area contributed by atoms with Crippen molar-refractivity contribution in [3.8, 4) is 0 Å². The predicted molar refractivity (Wildman–Crippen MR) is 90.2 cm³/mol. The quantitative estimate of drug-likeness (QED) is 0.879. The summed E-state index contributed by atoms with van der Waals surface area (Å²) in [5.74, 6) is 0.964. The van der Waals surface area contributed by atoms with Crippen LogP contribution in [0, 0.1) is 0 Å². The summed E-state index contributed by atoms with van der Waals surface area (Å²) in [5, 5.41) is 7.58. The molecule has 2 aromatic heterocycles. The van der Waals surface area contributed by atoms with Crippen LogP contribution in [-0.2, 0) is 13.6 Å². The van der Waals surface area contributed by atoms with E-state index in [1.165, 1.54) is 41.6 Å². The highest BCUT2D eigenvalue weighted by molar-refractivity contribution is 5.93. The fourth-order valence-electron chi connectivity index (χ4n) is 3.06. The van der Waals surface area contributed by atoms with Gasteiger partial charge in [0.1, 0.15) is 5.56 Å². The van der Waals surface area contributed by atoms with Crippen molar-refractivity contribution >= 4 is 5.91 Å². The van der Waals surface area contributed by atoms with Crippen LogP contribution in [0.3, 0.4) is 0 Å². The first kappa shape index (κ1) is 15.2. The summed E-state index contributed by atoms with van der Waals surface area (Å²) in [5.41, 5.74) is 2.42. The first-order valence-corrected chi connectivity index (χ1v) is 8.65. The molecule has 0 unspecified atom stereocenters. The number of hydrogen-bond acceptors (Lipinski definition) is 3. The lowest BCUT2D eigenvalue weighted by Gasteiger charge is -2.08. The van der Waals surface area contributed by atoms with Gasteiger partial charge in [-0.25, -0.2) is 0 Å². The maximum absolute atomic E-state index is 12.2. The summed E-state index contributed by atoms with van der Waals surface area (Å²) < 4.78 is 3.46. The number of hydrogen-bond donors (Lipinski definition) is 1. The van der Waals surface area contributed by atoms with E-state index in [0.717, 1.165) is 0 Å². The van der Waals surface area contributed by atoms with Gasteiger partial charge in [-0.1, -0.05) is 0 Å². The Balaban J connectivity index is 1.41. The van der Waals surface area contributed by atoms with E-state index in [4.69, 9.17) is 5.10 Å². The number of nitrogens with zero attached hydrogens (tertiary/aromatic N) is 3. The molecule has 0 radical (unpaired) electrons. The van der Waals surface area contributed by atoms with Gasteiger partial charge in [-0.15, -0.1) is 0 Å². The van der Waals surface area contributed by atoms with Crippen molar-refractivity contribution in [2.75, 3.05) is 6.54 Å². The third kappa shape index (κ3) is 3.00. The number of aryl methyl sites for hydroxylation is 1. The van der Waals surface area contributed by atoms with Crippen molar-refractivity contribution in [2.24, 2.45) is 7.05 Å². The van der Waals surface area contributed by atoms with Crippen LogP contribution >= 0.6 is 0 Å². The molecule has 6 nitrogen and oxygen atoms in total. The van der Waals surface area contributed by atoms with Crippen LogP contribution in [0.25, 0.3) is 0 Å². The zero-order valence-corrected chi connectivity index (χ0v) is 13.9. The number of amides is 1. The molecule has 0 aromatic carbocycles. The monoisotopic (exact) mass is 326 g/mol. The Kier molecular flexibility index (Phi) is 3.75. The van der Waals surface area contributed by atoms with Crippen molar-refractivity contribution in [1.82, 2.24) is 19.7 Å². The highest BCUT2D eigenvalue weighted by Gasteiger charge is 2.32. The third-order valence-electron chi connectivity index (χ3n) is 4.80. The van der Waals surface area contributed by atoms with Crippen molar-refractivity contribution in [3.63, 3.8) is 0 Å². The second-order valence-electron chi connectivity index (χ2n) is 6.86. The van der Waals surface area contributed by atoms with E-state index in [-0.39, 0.29) is 17.0 Å². The van der Waals surface area contributed by atoms with Crippen LogP contribution in [0.2, 0.25) is 0 Å². The van der Waals surface area contributed by atoms with E-state index in [0.29, 0.717) is 24.9 Å². The molecule has 2 aliphatic carbocycles. The Morgan fingerprint density at radius 3 is 2.75 bits per heavy atom. The summed E-state index contributed by atoms with van der Waals surface area (Å²) in [6, 6.07) is 5.52. The molecule has 2 heterocycles. The molecule has 1 N–H and O–H groups in total. The Morgan fingerprint density at radius 2 is 2.04 bits per heavy atom.